The van der Waals surface area contributed by atoms with Gasteiger partial charge in [-0.1, -0.05) is 20.8 Å². The Bertz CT molecular complexity index is 605. The van der Waals surface area contributed by atoms with Crippen LogP contribution in [0.4, 0.5) is 0 Å². The molecule has 4 rings (SSSR count). The van der Waals surface area contributed by atoms with Crippen molar-refractivity contribution in [1.29, 1.82) is 0 Å². The van der Waals surface area contributed by atoms with Gasteiger partial charge in [0.05, 0.1) is 12.2 Å². The molecule has 4 nitrogen and oxygen atoms in total. The minimum absolute atomic E-state index is 0.179. The predicted octanol–water partition coefficient (Wildman–Crippen LogP) is 4.48. The van der Waals surface area contributed by atoms with Crippen molar-refractivity contribution in [3.8, 4) is 0 Å². The first-order valence-electron chi connectivity index (χ1n) is 11.7. The van der Waals surface area contributed by atoms with Crippen LogP contribution < -0.4 is 0 Å². The van der Waals surface area contributed by atoms with E-state index in [2.05, 4.69) is 20.8 Å². The summed E-state index contributed by atoms with van der Waals surface area (Å²) in [5.41, 5.74) is 0.523. The molecule has 0 aromatic rings. The van der Waals surface area contributed by atoms with Crippen molar-refractivity contribution in [2.75, 3.05) is 0 Å². The molecule has 4 saturated carbocycles. The van der Waals surface area contributed by atoms with Crippen LogP contribution in [0.2, 0.25) is 0 Å². The third-order valence-corrected chi connectivity index (χ3v) is 10.2. The number of rotatable bonds is 4. The molecule has 3 N–H and O–H groups in total. The Morgan fingerprint density at radius 2 is 1.68 bits per heavy atom. The lowest BCUT2D eigenvalue weighted by atomic mass is 9.43. The monoisotopic (exact) mass is 392 g/mol. The molecule has 3 unspecified atom stereocenters. The lowest BCUT2D eigenvalue weighted by Gasteiger charge is -2.62. The van der Waals surface area contributed by atoms with Gasteiger partial charge < -0.3 is 15.3 Å². The minimum atomic E-state index is -0.684. The zero-order chi connectivity index (χ0) is 20.3. The van der Waals surface area contributed by atoms with E-state index in [1.165, 1.54) is 25.7 Å². The highest BCUT2D eigenvalue weighted by Gasteiger charge is 2.62. The second-order valence-electron chi connectivity index (χ2n) is 11.4. The molecule has 0 bridgehead atoms. The first-order chi connectivity index (χ1) is 13.2. The standard InChI is InChI=1S/C24H40O4/c1-14(4-7-21(27)28)17-5-6-18-22-19(9-11-24(17,18)3)23(2)10-8-16(25)12-15(23)13-20(22)26/h14-20,22,25-26H,4-13H2,1-3H3,(H,27,28)/t14-,15+,16-,17-,18?,19?,20-,22?,23+,24-/m1/s1. The van der Waals surface area contributed by atoms with E-state index in [-0.39, 0.29) is 29.5 Å². The molecule has 4 aliphatic rings. The quantitative estimate of drug-likeness (QED) is 0.659. The average molecular weight is 393 g/mol. The van der Waals surface area contributed by atoms with E-state index < -0.39 is 5.97 Å². The van der Waals surface area contributed by atoms with Crippen molar-refractivity contribution in [1.82, 2.24) is 0 Å². The number of fused-ring (bicyclic) bond motifs is 5. The smallest absolute Gasteiger partial charge is 0.303 e. The predicted molar refractivity (Wildman–Crippen MR) is 109 cm³/mol. The van der Waals surface area contributed by atoms with Gasteiger partial charge in [0.2, 0.25) is 0 Å². The molecule has 0 aliphatic heterocycles. The summed E-state index contributed by atoms with van der Waals surface area (Å²) in [5, 5.41) is 30.5. The highest BCUT2D eigenvalue weighted by atomic mass is 16.4. The maximum atomic E-state index is 11.2. The van der Waals surface area contributed by atoms with Crippen LogP contribution in [0.3, 0.4) is 0 Å². The van der Waals surface area contributed by atoms with Crippen LogP contribution >= 0.6 is 0 Å². The summed E-state index contributed by atoms with van der Waals surface area (Å²) in [6, 6.07) is 0. The summed E-state index contributed by atoms with van der Waals surface area (Å²) in [7, 11) is 0. The first-order valence-corrected chi connectivity index (χ1v) is 11.7. The van der Waals surface area contributed by atoms with Crippen LogP contribution in [0.1, 0.15) is 85.0 Å². The van der Waals surface area contributed by atoms with Crippen LogP contribution in [-0.4, -0.2) is 33.5 Å². The Morgan fingerprint density at radius 1 is 1.00 bits per heavy atom. The molecule has 0 spiro atoms. The highest BCUT2D eigenvalue weighted by molar-refractivity contribution is 5.66. The van der Waals surface area contributed by atoms with Gasteiger partial charge in [0, 0.05) is 6.42 Å². The van der Waals surface area contributed by atoms with Crippen molar-refractivity contribution in [2.24, 2.45) is 46.3 Å². The molecule has 28 heavy (non-hydrogen) atoms. The zero-order valence-corrected chi connectivity index (χ0v) is 17.9. The van der Waals surface area contributed by atoms with Crippen molar-refractivity contribution in [3.63, 3.8) is 0 Å². The summed E-state index contributed by atoms with van der Waals surface area (Å²) in [5.74, 6) is 2.36. The van der Waals surface area contributed by atoms with Crippen LogP contribution in [0.25, 0.3) is 0 Å². The molecule has 4 fully saturated rings. The third-order valence-electron chi connectivity index (χ3n) is 10.2. The summed E-state index contributed by atoms with van der Waals surface area (Å²) < 4.78 is 0. The molecule has 0 amide bonds. The van der Waals surface area contributed by atoms with Gasteiger partial charge in [-0.25, -0.2) is 0 Å². The van der Waals surface area contributed by atoms with E-state index >= 15 is 0 Å². The van der Waals surface area contributed by atoms with E-state index in [1.54, 1.807) is 0 Å². The number of carboxylic acid groups (broad SMARTS) is 1. The van der Waals surface area contributed by atoms with Crippen LogP contribution in [0.5, 0.6) is 0 Å². The topological polar surface area (TPSA) is 77.8 Å². The number of carbonyl (C=O) groups is 1. The largest absolute Gasteiger partial charge is 0.481 e. The summed E-state index contributed by atoms with van der Waals surface area (Å²) in [4.78, 5) is 11.1. The fourth-order valence-corrected chi connectivity index (χ4v) is 8.73. The molecule has 0 aromatic carbocycles. The molecule has 4 aliphatic carbocycles. The van der Waals surface area contributed by atoms with Gasteiger partial charge in [0.25, 0.3) is 0 Å². The lowest BCUT2D eigenvalue weighted by molar-refractivity contribution is -0.174. The lowest BCUT2D eigenvalue weighted by Crippen LogP contribution is -2.58. The Morgan fingerprint density at radius 3 is 2.39 bits per heavy atom. The Kier molecular flexibility index (Phi) is 5.36. The van der Waals surface area contributed by atoms with Crippen LogP contribution in [-0.2, 0) is 4.79 Å². The number of hydrogen-bond donors (Lipinski definition) is 3. The van der Waals surface area contributed by atoms with E-state index in [4.69, 9.17) is 5.11 Å². The van der Waals surface area contributed by atoms with E-state index in [0.29, 0.717) is 35.5 Å². The third kappa shape index (κ3) is 3.14. The molecule has 0 radical (unpaired) electrons. The molecule has 160 valence electrons. The Balaban J connectivity index is 1.55. The maximum absolute atomic E-state index is 11.2. The van der Waals surface area contributed by atoms with Gasteiger partial charge >= 0.3 is 5.97 Å². The SMILES string of the molecule is C[C@H](CCC(=O)O)[C@H]1CCC2C3C(CC[C@@]21C)[C@@]1(C)CC[C@@H](O)C[C@H]1C[C@H]3O. The molecule has 4 heteroatoms. The fraction of sp³-hybridized carbons (Fsp3) is 0.958. The van der Waals surface area contributed by atoms with E-state index in [1.807, 2.05) is 0 Å². The van der Waals surface area contributed by atoms with Crippen molar-refractivity contribution < 1.29 is 20.1 Å². The maximum Gasteiger partial charge on any atom is 0.303 e. The van der Waals surface area contributed by atoms with Gasteiger partial charge in [-0.15, -0.1) is 0 Å². The second kappa shape index (κ2) is 7.27. The number of hydrogen-bond acceptors (Lipinski definition) is 3. The Labute approximate surface area is 170 Å². The van der Waals surface area contributed by atoms with Crippen molar-refractivity contribution >= 4 is 5.97 Å². The zero-order valence-electron chi connectivity index (χ0n) is 17.9. The number of carboxylic acids is 1. The molecule has 0 aromatic heterocycles. The van der Waals surface area contributed by atoms with Crippen molar-refractivity contribution in [3.05, 3.63) is 0 Å². The molecular weight excluding hydrogens is 352 g/mol. The van der Waals surface area contributed by atoms with Crippen LogP contribution in [0.15, 0.2) is 0 Å². The van der Waals surface area contributed by atoms with E-state index in [0.717, 1.165) is 32.1 Å². The molecule has 10 atom stereocenters. The molecular formula is C24H40O4. The summed E-state index contributed by atoms with van der Waals surface area (Å²) in [6.07, 6.45) is 9.19. The second-order valence-corrected chi connectivity index (χ2v) is 11.4. The summed E-state index contributed by atoms with van der Waals surface area (Å²) >= 11 is 0. The fourth-order valence-electron chi connectivity index (χ4n) is 8.73. The number of aliphatic hydroxyl groups excluding tert-OH is 2. The molecule has 0 heterocycles. The van der Waals surface area contributed by atoms with Gasteiger partial charge in [-0.3, -0.25) is 4.79 Å². The van der Waals surface area contributed by atoms with Gasteiger partial charge in [0.15, 0.2) is 0 Å². The van der Waals surface area contributed by atoms with Gasteiger partial charge in [-0.05, 0) is 104 Å². The summed E-state index contributed by atoms with van der Waals surface area (Å²) in [6.45, 7) is 7.16. The first kappa shape index (κ1) is 20.7. The van der Waals surface area contributed by atoms with Crippen LogP contribution in [0, 0.1) is 46.3 Å². The van der Waals surface area contributed by atoms with Gasteiger partial charge in [0.1, 0.15) is 0 Å². The van der Waals surface area contributed by atoms with Gasteiger partial charge in [-0.2, -0.15) is 0 Å². The van der Waals surface area contributed by atoms with E-state index in [9.17, 15) is 15.0 Å². The molecule has 0 saturated heterocycles. The van der Waals surface area contributed by atoms with Crippen molar-refractivity contribution in [2.45, 2.75) is 97.2 Å². The normalized spacial score (nSPS) is 51.7. The number of aliphatic hydroxyl groups is 2. The minimum Gasteiger partial charge on any atom is -0.481 e. The number of aliphatic carboxylic acids is 1. The average Bonchev–Trinajstić information content (AvgIpc) is 2.98. The highest BCUT2D eigenvalue weighted by Crippen LogP contribution is 2.68. The Hall–Kier alpha value is -0.610.